The van der Waals surface area contributed by atoms with Crippen LogP contribution in [-0.2, 0) is 20.9 Å². The fraction of sp³-hybridized carbons (Fsp3) is 0.333. The highest BCUT2D eigenvalue weighted by Gasteiger charge is 2.39. The molecule has 2 fully saturated rings. The van der Waals surface area contributed by atoms with E-state index >= 15 is 4.39 Å². The number of imide groups is 1. The summed E-state index contributed by atoms with van der Waals surface area (Å²) >= 11 is 0. The number of benzene rings is 3. The summed E-state index contributed by atoms with van der Waals surface area (Å²) in [4.78, 5) is 50.4. The molecule has 12 heteroatoms. The van der Waals surface area contributed by atoms with E-state index in [4.69, 9.17) is 4.74 Å². The Bertz CT molecular complexity index is 1680. The number of hydrogen-bond acceptors (Lipinski definition) is 7. The molecule has 3 aromatic carbocycles. The molecule has 5 rings (SSSR count). The molecule has 236 valence electrons. The molecule has 2 aliphatic heterocycles. The minimum absolute atomic E-state index is 0.0188. The maximum absolute atomic E-state index is 15.6. The van der Waals surface area contributed by atoms with Crippen LogP contribution in [0.5, 0.6) is 5.75 Å². The molecule has 2 unspecified atom stereocenters. The van der Waals surface area contributed by atoms with E-state index in [0.717, 1.165) is 44.1 Å². The third-order valence-corrected chi connectivity index (χ3v) is 8.45. The second kappa shape index (κ2) is 13.0. The molecule has 4 N–H and O–H groups in total. The summed E-state index contributed by atoms with van der Waals surface area (Å²) in [5, 5.41) is 10.0. The van der Waals surface area contributed by atoms with Crippen molar-refractivity contribution in [3.05, 3.63) is 71.0 Å². The largest absolute Gasteiger partial charge is 0.496 e. The number of ether oxygens (including phenoxy) is 1. The molecule has 2 saturated heterocycles. The number of carbonyl (C=O) groups excluding carboxylic acids is 4. The zero-order valence-electron chi connectivity index (χ0n) is 25.9. The predicted molar refractivity (Wildman–Crippen MR) is 168 cm³/mol. The van der Waals surface area contributed by atoms with Crippen LogP contribution >= 0.6 is 0 Å². The molecule has 0 aromatic heterocycles. The molecular formula is C33H37FN6O5. The van der Waals surface area contributed by atoms with Crippen LogP contribution in [0, 0.1) is 19.7 Å². The van der Waals surface area contributed by atoms with Gasteiger partial charge in [0.25, 0.3) is 11.8 Å². The van der Waals surface area contributed by atoms with Crippen LogP contribution < -0.4 is 26.1 Å². The van der Waals surface area contributed by atoms with Crippen LogP contribution in [-0.4, -0.2) is 73.5 Å². The average Bonchev–Trinajstić information content (AvgIpc) is 3.02. The van der Waals surface area contributed by atoms with Crippen LogP contribution in [0.4, 0.5) is 14.9 Å². The van der Waals surface area contributed by atoms with E-state index in [9.17, 15) is 19.2 Å². The number of methoxy groups -OCH3 is 1. The fourth-order valence-corrected chi connectivity index (χ4v) is 5.82. The Kier molecular flexibility index (Phi) is 9.16. The van der Waals surface area contributed by atoms with Crippen molar-refractivity contribution in [1.29, 1.82) is 0 Å². The second-order valence-electron chi connectivity index (χ2n) is 11.3. The van der Waals surface area contributed by atoms with Gasteiger partial charge in [0.15, 0.2) is 6.04 Å². The topological polar surface area (TPSA) is 132 Å². The number of urea groups is 1. The van der Waals surface area contributed by atoms with E-state index in [1.807, 2.05) is 50.2 Å². The van der Waals surface area contributed by atoms with Gasteiger partial charge in [-0.25, -0.2) is 14.6 Å². The van der Waals surface area contributed by atoms with Crippen LogP contribution in [0.1, 0.15) is 29.5 Å². The first-order chi connectivity index (χ1) is 21.5. The highest BCUT2D eigenvalue weighted by Crippen LogP contribution is 2.37. The fourth-order valence-electron chi connectivity index (χ4n) is 5.82. The number of halogens is 1. The molecule has 0 spiro atoms. The lowest BCUT2D eigenvalue weighted by Crippen LogP contribution is -2.66. The zero-order chi connectivity index (χ0) is 32.4. The van der Waals surface area contributed by atoms with Gasteiger partial charge in [-0.2, -0.15) is 0 Å². The summed E-state index contributed by atoms with van der Waals surface area (Å²) in [7, 11) is 4.28. The molecule has 3 aromatic rings. The number of carbonyl (C=O) groups is 4. The van der Waals surface area contributed by atoms with Gasteiger partial charge >= 0.3 is 6.03 Å². The van der Waals surface area contributed by atoms with E-state index in [2.05, 4.69) is 21.4 Å². The molecule has 45 heavy (non-hydrogen) atoms. The Morgan fingerprint density at radius 3 is 2.42 bits per heavy atom. The Hall–Kier alpha value is -4.81. The van der Waals surface area contributed by atoms with Crippen molar-refractivity contribution in [3.63, 3.8) is 0 Å². The smallest absolute Gasteiger partial charge is 0.340 e. The molecule has 0 aliphatic carbocycles. The molecule has 0 saturated carbocycles. The Labute approximate surface area is 261 Å². The Morgan fingerprint density at radius 1 is 1.02 bits per heavy atom. The highest BCUT2D eigenvalue weighted by molar-refractivity contribution is 6.15. The number of likely N-dealkylation sites (N-methyl/N-ethyl adjacent to an activating group) is 1. The minimum atomic E-state index is -1.27. The van der Waals surface area contributed by atoms with Crippen LogP contribution in [0.3, 0.4) is 0 Å². The monoisotopic (exact) mass is 616 g/mol. The molecule has 2 heterocycles. The van der Waals surface area contributed by atoms with Gasteiger partial charge in [-0.1, -0.05) is 30.3 Å². The molecule has 2 aliphatic rings. The summed E-state index contributed by atoms with van der Waals surface area (Å²) in [5.74, 6) is -1.27. The van der Waals surface area contributed by atoms with Gasteiger partial charge in [0, 0.05) is 50.9 Å². The Balaban J connectivity index is 1.40. The van der Waals surface area contributed by atoms with Crippen molar-refractivity contribution < 1.29 is 28.3 Å². The zero-order valence-corrected chi connectivity index (χ0v) is 25.9. The van der Waals surface area contributed by atoms with Gasteiger partial charge < -0.3 is 20.7 Å². The number of hydrogen-bond donors (Lipinski definition) is 4. The summed E-state index contributed by atoms with van der Waals surface area (Å²) < 4.78 is 21.2. The average molecular weight is 617 g/mol. The number of rotatable bonds is 8. The van der Waals surface area contributed by atoms with Gasteiger partial charge in [-0.3, -0.25) is 24.3 Å². The standard InChI is InChI=1S/C33H37FN6O5/c1-18-22(20-14-26(34)25(28(15-20)45-5)17-36-21-12-13-35-29(41)16-21)8-6-9-23(18)24-10-7-11-27(19(24)2)37-31(42)30-32(43)39(3)33(44)40(4)38-30/h6-11,14-15,21,30,36,38H,12-13,16-17H2,1-5H3,(H,35,41)(H,37,42). The molecule has 0 bridgehead atoms. The molecular weight excluding hydrogens is 579 g/mol. The Morgan fingerprint density at radius 2 is 1.71 bits per heavy atom. The van der Waals surface area contributed by atoms with Crippen LogP contribution in [0.2, 0.25) is 0 Å². The van der Waals surface area contributed by atoms with E-state index in [0.29, 0.717) is 35.5 Å². The number of hydrazine groups is 1. The summed E-state index contributed by atoms with van der Waals surface area (Å²) in [6.45, 7) is 4.65. The first-order valence-corrected chi connectivity index (χ1v) is 14.7. The lowest BCUT2D eigenvalue weighted by Gasteiger charge is -2.34. The van der Waals surface area contributed by atoms with Gasteiger partial charge in [-0.05, 0) is 71.8 Å². The van der Waals surface area contributed by atoms with Crippen molar-refractivity contribution in [2.24, 2.45) is 0 Å². The van der Waals surface area contributed by atoms with E-state index in [-0.39, 0.29) is 18.5 Å². The van der Waals surface area contributed by atoms with Crippen molar-refractivity contribution in [2.45, 2.75) is 45.3 Å². The maximum atomic E-state index is 15.6. The van der Waals surface area contributed by atoms with Crippen molar-refractivity contribution in [2.75, 3.05) is 33.1 Å². The van der Waals surface area contributed by atoms with Gasteiger partial charge in [-0.15, -0.1) is 0 Å². The minimum Gasteiger partial charge on any atom is -0.496 e. The lowest BCUT2D eigenvalue weighted by molar-refractivity contribution is -0.139. The summed E-state index contributed by atoms with van der Waals surface area (Å²) in [5.41, 5.74) is 8.41. The number of nitrogens with one attached hydrogen (secondary N) is 4. The molecule has 5 amide bonds. The quantitative estimate of drug-likeness (QED) is 0.285. The van der Waals surface area contributed by atoms with Gasteiger partial charge in [0.1, 0.15) is 11.6 Å². The third kappa shape index (κ3) is 6.38. The second-order valence-corrected chi connectivity index (χ2v) is 11.3. The highest BCUT2D eigenvalue weighted by atomic mass is 19.1. The summed E-state index contributed by atoms with van der Waals surface area (Å²) in [6, 6.07) is 12.7. The first-order valence-electron chi connectivity index (χ1n) is 14.7. The lowest BCUT2D eigenvalue weighted by atomic mass is 9.90. The van der Waals surface area contributed by atoms with Crippen LogP contribution in [0.15, 0.2) is 48.5 Å². The van der Waals surface area contributed by atoms with Crippen molar-refractivity contribution in [3.8, 4) is 28.0 Å². The van der Waals surface area contributed by atoms with Crippen molar-refractivity contribution >= 4 is 29.4 Å². The molecule has 2 atom stereocenters. The number of nitrogens with zero attached hydrogens (tertiary/aromatic N) is 2. The normalized spacial score (nSPS) is 18.6. The van der Waals surface area contributed by atoms with E-state index in [1.54, 1.807) is 6.07 Å². The van der Waals surface area contributed by atoms with Crippen LogP contribution in [0.25, 0.3) is 22.3 Å². The van der Waals surface area contributed by atoms with Gasteiger partial charge in [0.05, 0.1) is 7.11 Å². The third-order valence-electron chi connectivity index (χ3n) is 8.45. The summed E-state index contributed by atoms with van der Waals surface area (Å²) in [6.07, 6.45) is 1.12. The van der Waals surface area contributed by atoms with E-state index in [1.165, 1.54) is 27.3 Å². The van der Waals surface area contributed by atoms with Crippen molar-refractivity contribution in [1.82, 2.24) is 26.0 Å². The van der Waals surface area contributed by atoms with Gasteiger partial charge in [0.2, 0.25) is 5.91 Å². The number of piperidine rings is 1. The predicted octanol–water partition coefficient (Wildman–Crippen LogP) is 3.49. The first kappa shape index (κ1) is 31.6. The molecule has 11 nitrogen and oxygen atoms in total. The SMILES string of the molecule is COc1cc(-c2cccc(-c3cccc(NC(=O)C4NN(C)C(=O)N(C)C4=O)c3C)c2C)cc(F)c1CNC1CCNC(=O)C1. The maximum Gasteiger partial charge on any atom is 0.340 e. The van der Waals surface area contributed by atoms with E-state index < -0.39 is 29.7 Å². The number of anilines is 1. The molecule has 0 radical (unpaired) electrons. The number of amides is 5.